The Morgan fingerprint density at radius 2 is 1.71 bits per heavy atom. The molecule has 2 heterocycles. The van der Waals surface area contributed by atoms with Gasteiger partial charge in [-0.2, -0.15) is 13.2 Å². The van der Waals surface area contributed by atoms with Crippen LogP contribution in [0.2, 0.25) is 5.02 Å². The quantitative estimate of drug-likeness (QED) is 0.495. The van der Waals surface area contributed by atoms with Gasteiger partial charge in [0.25, 0.3) is 0 Å². The zero-order chi connectivity index (χ0) is 25.2. The van der Waals surface area contributed by atoms with Crippen molar-refractivity contribution in [1.29, 1.82) is 0 Å². The molecule has 0 aliphatic carbocycles. The molecule has 1 saturated heterocycles. The van der Waals surface area contributed by atoms with E-state index in [2.05, 4.69) is 15.2 Å². The Hall–Kier alpha value is -3.33. The highest BCUT2D eigenvalue weighted by molar-refractivity contribution is 6.30. The standard InChI is InChI=1S/C25H25ClF3N5O/c1-16-22(14-18-6-8-20(26)9-7-18)23(31-17(2)30-16)33-10-12-34(13-11-33)24(35)32-21-5-3-4-19(15-21)25(27,28)29/h3-9,15H,10-14H2,1-2H3,(H,32,35). The molecule has 6 nitrogen and oxygen atoms in total. The molecule has 2 aromatic carbocycles. The van der Waals surface area contributed by atoms with Gasteiger partial charge >= 0.3 is 12.2 Å². The largest absolute Gasteiger partial charge is 0.416 e. The number of nitrogens with one attached hydrogen (secondary N) is 1. The third-order valence-corrected chi connectivity index (χ3v) is 6.16. The second kappa shape index (κ2) is 10.1. The van der Waals surface area contributed by atoms with E-state index in [1.54, 1.807) is 4.90 Å². The van der Waals surface area contributed by atoms with Gasteiger partial charge in [-0.05, 0) is 49.7 Å². The number of rotatable bonds is 4. The van der Waals surface area contributed by atoms with E-state index in [1.807, 2.05) is 38.1 Å². The lowest BCUT2D eigenvalue weighted by atomic mass is 10.0. The van der Waals surface area contributed by atoms with Crippen molar-refractivity contribution in [2.45, 2.75) is 26.4 Å². The molecule has 1 fully saturated rings. The number of urea groups is 1. The van der Waals surface area contributed by atoms with Gasteiger partial charge in [0.05, 0.1) is 5.56 Å². The molecule has 0 unspecified atom stereocenters. The number of benzene rings is 2. The predicted molar refractivity (Wildman–Crippen MR) is 130 cm³/mol. The van der Waals surface area contributed by atoms with E-state index in [1.165, 1.54) is 12.1 Å². The smallest absolute Gasteiger partial charge is 0.353 e. The van der Waals surface area contributed by atoms with Gasteiger partial charge in [0.2, 0.25) is 0 Å². The zero-order valence-electron chi connectivity index (χ0n) is 19.4. The van der Waals surface area contributed by atoms with Gasteiger partial charge in [-0.3, -0.25) is 0 Å². The number of carbonyl (C=O) groups excluding carboxylic acids is 1. The fourth-order valence-electron chi connectivity index (χ4n) is 4.09. The van der Waals surface area contributed by atoms with Crippen LogP contribution in [0.4, 0.5) is 29.5 Å². The van der Waals surface area contributed by atoms with E-state index in [9.17, 15) is 18.0 Å². The molecule has 2 amide bonds. The summed E-state index contributed by atoms with van der Waals surface area (Å²) < 4.78 is 38.9. The number of nitrogens with zero attached hydrogens (tertiary/aromatic N) is 4. The van der Waals surface area contributed by atoms with Crippen molar-refractivity contribution in [3.05, 3.63) is 81.8 Å². The van der Waals surface area contributed by atoms with E-state index < -0.39 is 17.8 Å². The monoisotopic (exact) mass is 503 g/mol. The molecule has 1 aliphatic rings. The van der Waals surface area contributed by atoms with Crippen molar-refractivity contribution >= 4 is 29.1 Å². The lowest BCUT2D eigenvalue weighted by Crippen LogP contribution is -2.50. The molecular formula is C25H25ClF3N5O. The minimum absolute atomic E-state index is 0.111. The molecular weight excluding hydrogens is 479 g/mol. The van der Waals surface area contributed by atoms with Gasteiger partial charge in [-0.25, -0.2) is 14.8 Å². The fourth-order valence-corrected chi connectivity index (χ4v) is 4.22. The average molecular weight is 504 g/mol. The highest BCUT2D eigenvalue weighted by Gasteiger charge is 2.31. The molecule has 0 atom stereocenters. The van der Waals surface area contributed by atoms with Crippen molar-refractivity contribution in [1.82, 2.24) is 14.9 Å². The van der Waals surface area contributed by atoms with Crippen LogP contribution in [0, 0.1) is 13.8 Å². The van der Waals surface area contributed by atoms with E-state index >= 15 is 0 Å². The van der Waals surface area contributed by atoms with Crippen molar-refractivity contribution in [3.63, 3.8) is 0 Å². The summed E-state index contributed by atoms with van der Waals surface area (Å²) in [5, 5.41) is 3.25. The molecule has 4 rings (SSSR count). The number of anilines is 2. The molecule has 10 heteroatoms. The lowest BCUT2D eigenvalue weighted by Gasteiger charge is -2.36. The molecule has 0 radical (unpaired) electrons. The van der Waals surface area contributed by atoms with Crippen LogP contribution in [-0.4, -0.2) is 47.1 Å². The Morgan fingerprint density at radius 1 is 1.03 bits per heavy atom. The first-order valence-electron chi connectivity index (χ1n) is 11.2. The van der Waals surface area contributed by atoms with Gasteiger partial charge in [-0.15, -0.1) is 0 Å². The molecule has 184 valence electrons. The van der Waals surface area contributed by atoms with E-state index in [4.69, 9.17) is 16.6 Å². The van der Waals surface area contributed by atoms with Crippen LogP contribution >= 0.6 is 11.6 Å². The maximum absolute atomic E-state index is 13.0. The number of alkyl halides is 3. The van der Waals surface area contributed by atoms with Crippen molar-refractivity contribution < 1.29 is 18.0 Å². The number of hydrogen-bond donors (Lipinski definition) is 1. The number of amides is 2. The van der Waals surface area contributed by atoms with Crippen LogP contribution in [0.15, 0.2) is 48.5 Å². The molecule has 1 aliphatic heterocycles. The van der Waals surface area contributed by atoms with E-state index in [0.29, 0.717) is 43.4 Å². The summed E-state index contributed by atoms with van der Waals surface area (Å²) in [6.45, 7) is 5.71. The van der Waals surface area contributed by atoms with Crippen molar-refractivity contribution in [2.75, 3.05) is 36.4 Å². The number of carbonyl (C=O) groups is 1. The molecule has 1 aromatic heterocycles. The number of piperazine rings is 1. The number of hydrogen-bond acceptors (Lipinski definition) is 4. The highest BCUT2D eigenvalue weighted by Crippen LogP contribution is 2.31. The molecule has 3 aromatic rings. The predicted octanol–water partition coefficient (Wildman–Crippen LogP) is 5.71. The topological polar surface area (TPSA) is 61.4 Å². The summed E-state index contributed by atoms with van der Waals surface area (Å²) in [6.07, 6.45) is -3.82. The minimum atomic E-state index is -4.47. The third-order valence-electron chi connectivity index (χ3n) is 5.91. The summed E-state index contributed by atoms with van der Waals surface area (Å²) in [7, 11) is 0. The molecule has 0 bridgehead atoms. The lowest BCUT2D eigenvalue weighted by molar-refractivity contribution is -0.137. The van der Waals surface area contributed by atoms with Crippen molar-refractivity contribution in [3.8, 4) is 0 Å². The normalized spacial score (nSPS) is 14.2. The first-order valence-corrected chi connectivity index (χ1v) is 11.5. The maximum atomic E-state index is 13.0. The third kappa shape index (κ3) is 6.03. The summed E-state index contributed by atoms with van der Waals surface area (Å²) in [4.78, 5) is 25.7. The summed E-state index contributed by atoms with van der Waals surface area (Å²) in [5.74, 6) is 1.50. The first-order chi connectivity index (χ1) is 16.6. The second-order valence-electron chi connectivity index (χ2n) is 8.44. The number of halogens is 4. The van der Waals surface area contributed by atoms with Gasteiger partial charge in [-0.1, -0.05) is 29.8 Å². The van der Waals surface area contributed by atoms with Gasteiger partial charge in [0.15, 0.2) is 0 Å². The second-order valence-corrected chi connectivity index (χ2v) is 8.88. The van der Waals surface area contributed by atoms with Gasteiger partial charge in [0, 0.05) is 54.6 Å². The Kier molecular flexibility index (Phi) is 7.16. The van der Waals surface area contributed by atoms with Crippen LogP contribution in [-0.2, 0) is 12.6 Å². The SMILES string of the molecule is Cc1nc(C)c(Cc2ccc(Cl)cc2)c(N2CCN(C(=O)Nc3cccc(C(F)(F)F)c3)CC2)n1. The van der Waals surface area contributed by atoms with Gasteiger partial charge < -0.3 is 15.1 Å². The van der Waals surface area contributed by atoms with Crippen LogP contribution in [0.25, 0.3) is 0 Å². The molecule has 0 spiro atoms. The maximum Gasteiger partial charge on any atom is 0.416 e. The highest BCUT2D eigenvalue weighted by atomic mass is 35.5. The van der Waals surface area contributed by atoms with E-state index in [-0.39, 0.29) is 5.69 Å². The Balaban J connectivity index is 1.45. The molecule has 0 saturated carbocycles. The Morgan fingerprint density at radius 3 is 2.37 bits per heavy atom. The number of aromatic nitrogens is 2. The molecule has 35 heavy (non-hydrogen) atoms. The summed E-state index contributed by atoms with van der Waals surface area (Å²) in [5.41, 5.74) is 2.31. The summed E-state index contributed by atoms with van der Waals surface area (Å²) in [6, 6.07) is 11.8. The first kappa shape index (κ1) is 24.8. The number of aryl methyl sites for hydroxylation is 2. The fraction of sp³-hybridized carbons (Fsp3) is 0.320. The van der Waals surface area contributed by atoms with Crippen LogP contribution < -0.4 is 10.2 Å². The van der Waals surface area contributed by atoms with Crippen LogP contribution in [0.3, 0.4) is 0 Å². The average Bonchev–Trinajstić information content (AvgIpc) is 2.81. The summed E-state index contributed by atoms with van der Waals surface area (Å²) >= 11 is 6.02. The van der Waals surface area contributed by atoms with Crippen LogP contribution in [0.1, 0.15) is 28.2 Å². The van der Waals surface area contributed by atoms with Crippen LogP contribution in [0.5, 0.6) is 0 Å². The van der Waals surface area contributed by atoms with E-state index in [0.717, 1.165) is 34.8 Å². The Labute approximate surface area is 206 Å². The van der Waals surface area contributed by atoms with Crippen molar-refractivity contribution in [2.24, 2.45) is 0 Å². The Bertz CT molecular complexity index is 1210. The molecule has 1 N–H and O–H groups in total. The zero-order valence-corrected chi connectivity index (χ0v) is 20.1. The minimum Gasteiger partial charge on any atom is -0.353 e. The van der Waals surface area contributed by atoms with Gasteiger partial charge in [0.1, 0.15) is 11.6 Å².